The Morgan fingerprint density at radius 1 is 1.21 bits per heavy atom. The van der Waals surface area contributed by atoms with Crippen LogP contribution in [0.15, 0.2) is 41.1 Å². The van der Waals surface area contributed by atoms with Gasteiger partial charge in [-0.2, -0.15) is 15.8 Å². The lowest BCUT2D eigenvalue weighted by Crippen LogP contribution is -2.48. The largest absolute Gasteiger partial charge is 0.497 e. The van der Waals surface area contributed by atoms with Crippen molar-refractivity contribution in [3.05, 3.63) is 46.7 Å². The van der Waals surface area contributed by atoms with Gasteiger partial charge < -0.3 is 15.2 Å². The predicted molar refractivity (Wildman–Crippen MR) is 106 cm³/mol. The maximum Gasteiger partial charge on any atom is 0.191 e. The molecule has 0 bridgehead atoms. The van der Waals surface area contributed by atoms with E-state index in [1.807, 2.05) is 6.08 Å². The first kappa shape index (κ1) is 20.3. The van der Waals surface area contributed by atoms with Crippen LogP contribution in [-0.4, -0.2) is 38.8 Å². The topological polar surface area (TPSA) is 119 Å². The standard InChI is InChI=1S/C22H23N5O2/c1-4-27-8-7-15-17(10-23)21(26)22(12-24,13-25)20(18(15)11-27)16-9-14(28-2)5-6-19(16)29-3/h5-7,9,18,20H,4,8,11,26H2,1-3H3. The zero-order chi connectivity index (χ0) is 21.2. The Labute approximate surface area is 170 Å². The van der Waals surface area contributed by atoms with Crippen molar-refractivity contribution in [3.8, 4) is 29.7 Å². The van der Waals surface area contributed by atoms with E-state index in [2.05, 4.69) is 30.0 Å². The molecular weight excluding hydrogens is 366 g/mol. The maximum atomic E-state index is 10.2. The fraction of sp³-hybridized carbons (Fsp3) is 0.409. The van der Waals surface area contributed by atoms with Gasteiger partial charge in [-0.25, -0.2) is 0 Å². The normalized spacial score (nSPS) is 23.1. The fourth-order valence-electron chi connectivity index (χ4n) is 4.42. The van der Waals surface area contributed by atoms with E-state index in [0.29, 0.717) is 30.2 Å². The molecule has 0 amide bonds. The van der Waals surface area contributed by atoms with Gasteiger partial charge in [0, 0.05) is 30.5 Å². The zero-order valence-corrected chi connectivity index (χ0v) is 16.8. The summed E-state index contributed by atoms with van der Waals surface area (Å²) in [4.78, 5) is 2.21. The highest BCUT2D eigenvalue weighted by molar-refractivity contribution is 5.61. The van der Waals surface area contributed by atoms with Gasteiger partial charge in [0.05, 0.1) is 37.6 Å². The molecule has 1 aliphatic heterocycles. The Hall–Kier alpha value is -3.47. The summed E-state index contributed by atoms with van der Waals surface area (Å²) in [6.45, 7) is 4.17. The summed E-state index contributed by atoms with van der Waals surface area (Å²) in [6, 6.07) is 11.8. The second-order valence-corrected chi connectivity index (χ2v) is 7.14. The van der Waals surface area contributed by atoms with Gasteiger partial charge in [0.2, 0.25) is 0 Å². The molecule has 2 aliphatic rings. The Kier molecular flexibility index (Phi) is 5.50. The number of benzene rings is 1. The van der Waals surface area contributed by atoms with E-state index in [-0.39, 0.29) is 17.2 Å². The van der Waals surface area contributed by atoms with Crippen molar-refractivity contribution in [2.45, 2.75) is 12.8 Å². The van der Waals surface area contributed by atoms with Crippen LogP contribution in [0.1, 0.15) is 18.4 Å². The number of nitrogens with zero attached hydrogens (tertiary/aromatic N) is 4. The minimum absolute atomic E-state index is 0.00678. The van der Waals surface area contributed by atoms with Crippen LogP contribution in [0.25, 0.3) is 0 Å². The van der Waals surface area contributed by atoms with E-state index >= 15 is 0 Å². The minimum Gasteiger partial charge on any atom is -0.497 e. The number of nitrogens with two attached hydrogens (primary N) is 1. The highest BCUT2D eigenvalue weighted by Crippen LogP contribution is 2.56. The Morgan fingerprint density at radius 2 is 1.93 bits per heavy atom. The lowest BCUT2D eigenvalue weighted by molar-refractivity contribution is 0.212. The maximum absolute atomic E-state index is 10.2. The lowest BCUT2D eigenvalue weighted by Gasteiger charge is -2.45. The molecule has 0 saturated carbocycles. The summed E-state index contributed by atoms with van der Waals surface area (Å²) in [5, 5.41) is 30.1. The van der Waals surface area contributed by atoms with Gasteiger partial charge in [-0.05, 0) is 30.3 Å². The van der Waals surface area contributed by atoms with E-state index in [1.165, 1.54) is 0 Å². The highest BCUT2D eigenvalue weighted by atomic mass is 16.5. The summed E-state index contributed by atoms with van der Waals surface area (Å²) in [7, 11) is 3.10. The predicted octanol–water partition coefficient (Wildman–Crippen LogP) is 2.45. The van der Waals surface area contributed by atoms with Gasteiger partial charge in [0.25, 0.3) is 0 Å². The summed E-state index contributed by atoms with van der Waals surface area (Å²) in [5.74, 6) is 0.269. The van der Waals surface area contributed by atoms with E-state index < -0.39 is 11.3 Å². The van der Waals surface area contributed by atoms with Crippen molar-refractivity contribution >= 4 is 0 Å². The van der Waals surface area contributed by atoms with Crippen molar-refractivity contribution < 1.29 is 9.47 Å². The van der Waals surface area contributed by atoms with E-state index in [1.54, 1.807) is 32.4 Å². The van der Waals surface area contributed by atoms with Gasteiger partial charge in [0.1, 0.15) is 17.6 Å². The molecule has 148 valence electrons. The molecule has 1 aliphatic carbocycles. The molecule has 0 fully saturated rings. The van der Waals surface area contributed by atoms with Crippen molar-refractivity contribution in [3.63, 3.8) is 0 Å². The van der Waals surface area contributed by atoms with Crippen molar-refractivity contribution in [2.24, 2.45) is 17.1 Å². The van der Waals surface area contributed by atoms with Crippen molar-refractivity contribution in [1.82, 2.24) is 4.90 Å². The van der Waals surface area contributed by atoms with Gasteiger partial charge in [-0.1, -0.05) is 13.0 Å². The number of fused-ring (bicyclic) bond motifs is 1. The number of rotatable bonds is 4. The molecule has 2 unspecified atom stereocenters. The fourth-order valence-corrected chi connectivity index (χ4v) is 4.42. The average Bonchev–Trinajstić information content (AvgIpc) is 2.77. The first-order valence-corrected chi connectivity index (χ1v) is 9.38. The molecule has 1 aromatic carbocycles. The minimum atomic E-state index is -1.69. The number of ether oxygens (including phenoxy) is 2. The molecular formula is C22H23N5O2. The second-order valence-electron chi connectivity index (χ2n) is 7.14. The van der Waals surface area contributed by atoms with Gasteiger partial charge in [-0.15, -0.1) is 0 Å². The van der Waals surface area contributed by atoms with Crippen LogP contribution in [0.5, 0.6) is 11.5 Å². The monoisotopic (exact) mass is 389 g/mol. The summed E-state index contributed by atoms with van der Waals surface area (Å²) in [5.41, 5.74) is 6.36. The molecule has 0 radical (unpaired) electrons. The van der Waals surface area contributed by atoms with Crippen LogP contribution in [-0.2, 0) is 0 Å². The Balaban J connectivity index is 2.37. The molecule has 1 aromatic rings. The van der Waals surface area contributed by atoms with Crippen LogP contribution < -0.4 is 15.2 Å². The molecule has 29 heavy (non-hydrogen) atoms. The first-order chi connectivity index (χ1) is 14.0. The molecule has 0 aromatic heterocycles. The van der Waals surface area contributed by atoms with Crippen LogP contribution >= 0.6 is 0 Å². The number of methoxy groups -OCH3 is 2. The third-order valence-corrected chi connectivity index (χ3v) is 5.96. The average molecular weight is 389 g/mol. The first-order valence-electron chi connectivity index (χ1n) is 9.38. The van der Waals surface area contributed by atoms with Gasteiger partial charge in [0.15, 0.2) is 5.41 Å². The van der Waals surface area contributed by atoms with Gasteiger partial charge in [-0.3, -0.25) is 4.90 Å². The zero-order valence-electron chi connectivity index (χ0n) is 16.8. The summed E-state index contributed by atoms with van der Waals surface area (Å²) < 4.78 is 11.0. The van der Waals surface area contributed by atoms with Crippen LogP contribution in [0.3, 0.4) is 0 Å². The molecule has 0 saturated heterocycles. The number of likely N-dealkylation sites (N-methyl/N-ethyl adjacent to an activating group) is 1. The molecule has 2 atom stereocenters. The van der Waals surface area contributed by atoms with Gasteiger partial charge >= 0.3 is 0 Å². The van der Waals surface area contributed by atoms with E-state index in [9.17, 15) is 15.8 Å². The number of hydrogen-bond donors (Lipinski definition) is 1. The SMILES string of the molecule is CCN1CC=C2C(C#N)=C(N)C(C#N)(C#N)C(c3cc(OC)ccc3OC)C2C1. The third-order valence-electron chi connectivity index (χ3n) is 5.96. The molecule has 0 spiro atoms. The number of hydrogen-bond acceptors (Lipinski definition) is 7. The van der Waals surface area contributed by atoms with Crippen LogP contribution in [0.4, 0.5) is 0 Å². The quantitative estimate of drug-likeness (QED) is 0.840. The summed E-state index contributed by atoms with van der Waals surface area (Å²) in [6.07, 6.45) is 1.99. The van der Waals surface area contributed by atoms with E-state index in [0.717, 1.165) is 12.1 Å². The van der Waals surface area contributed by atoms with Crippen molar-refractivity contribution in [1.29, 1.82) is 15.8 Å². The Bertz CT molecular complexity index is 991. The summed E-state index contributed by atoms with van der Waals surface area (Å²) >= 11 is 0. The van der Waals surface area contributed by atoms with Crippen LogP contribution in [0.2, 0.25) is 0 Å². The third kappa shape index (κ3) is 2.99. The molecule has 7 nitrogen and oxygen atoms in total. The molecule has 7 heteroatoms. The second kappa shape index (κ2) is 7.87. The number of nitriles is 3. The highest BCUT2D eigenvalue weighted by Gasteiger charge is 2.55. The Morgan fingerprint density at radius 3 is 2.48 bits per heavy atom. The van der Waals surface area contributed by atoms with E-state index in [4.69, 9.17) is 15.2 Å². The molecule has 3 rings (SSSR count). The van der Waals surface area contributed by atoms with Crippen molar-refractivity contribution in [2.75, 3.05) is 33.9 Å². The smallest absolute Gasteiger partial charge is 0.191 e. The lowest BCUT2D eigenvalue weighted by atomic mass is 9.58. The number of allylic oxidation sites excluding steroid dienone is 2. The van der Waals surface area contributed by atoms with Crippen LogP contribution in [0, 0.1) is 45.3 Å². The molecule has 1 heterocycles. The molecule has 2 N–H and O–H groups in total.